The predicted octanol–water partition coefficient (Wildman–Crippen LogP) is 3.03. The van der Waals surface area contributed by atoms with Crippen molar-refractivity contribution in [2.75, 3.05) is 31.5 Å². The molecule has 6 heteroatoms. The Balaban J connectivity index is 2.04. The van der Waals surface area contributed by atoms with Crippen molar-refractivity contribution in [1.82, 2.24) is 19.6 Å². The molecule has 0 spiro atoms. The summed E-state index contributed by atoms with van der Waals surface area (Å²) in [5.41, 5.74) is 2.75. The average Bonchev–Trinajstić information content (AvgIpc) is 3.09. The number of carbonyl (C=O) groups is 1. The van der Waals surface area contributed by atoms with Crippen LogP contribution >= 0.6 is 0 Å². The van der Waals surface area contributed by atoms with E-state index in [2.05, 4.69) is 43.0 Å². The molecular formula is C17H31N5O. The van der Waals surface area contributed by atoms with Gasteiger partial charge in [0, 0.05) is 25.2 Å². The van der Waals surface area contributed by atoms with E-state index in [1.807, 2.05) is 23.4 Å². The van der Waals surface area contributed by atoms with Crippen LogP contribution < -0.4 is 5.32 Å². The van der Waals surface area contributed by atoms with Crippen LogP contribution in [0.4, 0.5) is 10.5 Å². The number of urea groups is 1. The van der Waals surface area contributed by atoms with Gasteiger partial charge in [-0.15, -0.1) is 0 Å². The van der Waals surface area contributed by atoms with Crippen LogP contribution in [0.1, 0.15) is 51.5 Å². The normalized spacial score (nSPS) is 18.3. The van der Waals surface area contributed by atoms with Crippen LogP contribution in [0.2, 0.25) is 0 Å². The third kappa shape index (κ3) is 3.68. The molecule has 0 bridgehead atoms. The van der Waals surface area contributed by atoms with Crippen molar-refractivity contribution in [1.29, 1.82) is 0 Å². The van der Waals surface area contributed by atoms with Crippen LogP contribution in [0.5, 0.6) is 0 Å². The molecule has 1 saturated heterocycles. The number of anilines is 1. The first kappa shape index (κ1) is 17.8. The maximum atomic E-state index is 12.6. The highest BCUT2D eigenvalue weighted by Crippen LogP contribution is 2.24. The number of hydrogen-bond acceptors (Lipinski definition) is 3. The van der Waals surface area contributed by atoms with Crippen LogP contribution in [-0.4, -0.2) is 57.8 Å². The number of likely N-dealkylation sites (tertiary alicyclic amines) is 1. The van der Waals surface area contributed by atoms with Crippen molar-refractivity contribution >= 4 is 11.7 Å². The molecule has 2 heterocycles. The first-order chi connectivity index (χ1) is 10.9. The molecule has 130 valence electrons. The Kier molecular flexibility index (Phi) is 5.68. The summed E-state index contributed by atoms with van der Waals surface area (Å²) in [7, 11) is 0. The second kappa shape index (κ2) is 7.34. The number of aryl methyl sites for hydroxylation is 1. The Morgan fingerprint density at radius 2 is 2.00 bits per heavy atom. The molecule has 1 aliphatic heterocycles. The minimum atomic E-state index is -0.00541. The number of rotatable bonds is 5. The second-order valence-electron chi connectivity index (χ2n) is 6.62. The van der Waals surface area contributed by atoms with E-state index in [-0.39, 0.29) is 12.1 Å². The van der Waals surface area contributed by atoms with Crippen LogP contribution in [-0.2, 0) is 0 Å². The quantitative estimate of drug-likeness (QED) is 0.907. The van der Waals surface area contributed by atoms with E-state index in [0.717, 1.165) is 49.7 Å². The monoisotopic (exact) mass is 321 g/mol. The highest BCUT2D eigenvalue weighted by atomic mass is 16.2. The molecule has 2 amide bonds. The van der Waals surface area contributed by atoms with Gasteiger partial charge in [-0.3, -0.25) is 9.58 Å². The van der Waals surface area contributed by atoms with E-state index in [4.69, 9.17) is 0 Å². The summed E-state index contributed by atoms with van der Waals surface area (Å²) in [6.45, 7) is 16.2. The molecule has 1 fully saturated rings. The molecule has 1 aromatic heterocycles. The number of nitrogens with zero attached hydrogens (tertiary/aromatic N) is 4. The summed E-state index contributed by atoms with van der Waals surface area (Å²) in [5, 5.41) is 7.61. The second-order valence-corrected chi connectivity index (χ2v) is 6.62. The van der Waals surface area contributed by atoms with E-state index in [1.54, 1.807) is 0 Å². The molecule has 0 unspecified atom stereocenters. The molecular weight excluding hydrogens is 290 g/mol. The smallest absolute Gasteiger partial charge is 0.322 e. The average molecular weight is 321 g/mol. The van der Waals surface area contributed by atoms with Gasteiger partial charge in [-0.1, -0.05) is 13.8 Å². The topological polar surface area (TPSA) is 53.4 Å². The van der Waals surface area contributed by atoms with E-state index < -0.39 is 0 Å². The van der Waals surface area contributed by atoms with Crippen molar-refractivity contribution in [2.24, 2.45) is 0 Å². The van der Waals surface area contributed by atoms with E-state index in [1.165, 1.54) is 0 Å². The first-order valence-electron chi connectivity index (χ1n) is 8.74. The lowest BCUT2D eigenvalue weighted by Gasteiger charge is -2.26. The predicted molar refractivity (Wildman–Crippen MR) is 94.0 cm³/mol. The summed E-state index contributed by atoms with van der Waals surface area (Å²) in [5.74, 6) is 0. The number of nitrogens with one attached hydrogen (secondary N) is 1. The fourth-order valence-corrected chi connectivity index (χ4v) is 3.50. The van der Waals surface area contributed by atoms with Crippen molar-refractivity contribution in [3.8, 4) is 0 Å². The Labute approximate surface area is 139 Å². The van der Waals surface area contributed by atoms with Crippen LogP contribution in [0.3, 0.4) is 0 Å². The highest BCUT2D eigenvalue weighted by Gasteiger charge is 2.30. The van der Waals surface area contributed by atoms with Gasteiger partial charge in [0.25, 0.3) is 0 Å². The van der Waals surface area contributed by atoms with Gasteiger partial charge >= 0.3 is 6.03 Å². The van der Waals surface area contributed by atoms with E-state index >= 15 is 0 Å². The number of carbonyl (C=O) groups excluding carboxylic acids is 1. The molecule has 1 N–H and O–H groups in total. The maximum absolute atomic E-state index is 12.6. The molecule has 23 heavy (non-hydrogen) atoms. The Morgan fingerprint density at radius 3 is 2.52 bits per heavy atom. The number of amides is 2. The van der Waals surface area contributed by atoms with Crippen molar-refractivity contribution in [3.63, 3.8) is 0 Å². The van der Waals surface area contributed by atoms with Gasteiger partial charge in [0.1, 0.15) is 0 Å². The van der Waals surface area contributed by atoms with Gasteiger partial charge in [-0.2, -0.15) is 5.10 Å². The third-order valence-corrected chi connectivity index (χ3v) is 4.83. The largest absolute Gasteiger partial charge is 0.323 e. The molecule has 1 aromatic rings. The zero-order chi connectivity index (χ0) is 17.1. The van der Waals surface area contributed by atoms with Crippen LogP contribution in [0, 0.1) is 13.8 Å². The van der Waals surface area contributed by atoms with Gasteiger partial charge in [0.15, 0.2) is 0 Å². The Morgan fingerprint density at radius 1 is 1.35 bits per heavy atom. The van der Waals surface area contributed by atoms with Gasteiger partial charge in [0.2, 0.25) is 0 Å². The van der Waals surface area contributed by atoms with Crippen molar-refractivity contribution < 1.29 is 4.79 Å². The minimum Gasteiger partial charge on any atom is -0.323 e. The van der Waals surface area contributed by atoms with E-state index in [9.17, 15) is 4.79 Å². The van der Waals surface area contributed by atoms with Gasteiger partial charge in [0.05, 0.1) is 17.1 Å². The lowest BCUT2D eigenvalue weighted by molar-refractivity contribution is 0.202. The molecule has 0 saturated carbocycles. The molecule has 0 aromatic carbocycles. The highest BCUT2D eigenvalue weighted by molar-refractivity contribution is 5.90. The molecule has 0 aliphatic carbocycles. The lowest BCUT2D eigenvalue weighted by Crippen LogP contribution is -2.40. The summed E-state index contributed by atoms with van der Waals surface area (Å²) in [6.07, 6.45) is 1.05. The van der Waals surface area contributed by atoms with Gasteiger partial charge < -0.3 is 10.2 Å². The minimum absolute atomic E-state index is 0.00541. The van der Waals surface area contributed by atoms with Gasteiger partial charge in [-0.25, -0.2) is 4.79 Å². The van der Waals surface area contributed by atoms with Crippen molar-refractivity contribution in [3.05, 3.63) is 11.4 Å². The number of likely N-dealkylation sites (N-methyl/N-ethyl adjacent to an activating group) is 1. The fraction of sp³-hybridized carbons (Fsp3) is 0.765. The zero-order valence-corrected chi connectivity index (χ0v) is 15.4. The van der Waals surface area contributed by atoms with Crippen molar-refractivity contribution in [2.45, 2.75) is 60.0 Å². The molecule has 0 radical (unpaired) electrons. The molecule has 1 atom stereocenters. The lowest BCUT2D eigenvalue weighted by atomic mass is 10.2. The summed E-state index contributed by atoms with van der Waals surface area (Å²) < 4.78 is 1.97. The van der Waals surface area contributed by atoms with E-state index in [0.29, 0.717) is 6.04 Å². The third-order valence-electron chi connectivity index (χ3n) is 4.83. The summed E-state index contributed by atoms with van der Waals surface area (Å²) in [6, 6.07) is 0.767. The Hall–Kier alpha value is -1.56. The van der Waals surface area contributed by atoms with Crippen LogP contribution in [0.25, 0.3) is 0 Å². The van der Waals surface area contributed by atoms with Gasteiger partial charge in [-0.05, 0) is 47.2 Å². The van der Waals surface area contributed by atoms with Crippen LogP contribution in [0.15, 0.2) is 0 Å². The number of hydrogen-bond donors (Lipinski definition) is 1. The molecule has 2 rings (SSSR count). The molecule has 1 aliphatic rings. The maximum Gasteiger partial charge on any atom is 0.322 e. The number of aromatic nitrogens is 2. The SMILES string of the molecule is CCN(CC)[C@@H]1CCN(C(=O)Nc2c(C)nn(C(C)C)c2C)C1. The Bertz CT molecular complexity index is 547. The summed E-state index contributed by atoms with van der Waals surface area (Å²) >= 11 is 0. The fourth-order valence-electron chi connectivity index (χ4n) is 3.50. The summed E-state index contributed by atoms with van der Waals surface area (Å²) in [4.78, 5) is 17.0. The zero-order valence-electron chi connectivity index (χ0n) is 15.4. The standard InChI is InChI=1S/C17H31N5O/c1-7-20(8-2)15-9-10-21(11-15)17(23)18-16-13(5)19-22(12(3)4)14(16)6/h12,15H,7-11H2,1-6H3,(H,18,23)/t15-/m1/s1. The first-order valence-corrected chi connectivity index (χ1v) is 8.74. The molecule has 6 nitrogen and oxygen atoms in total.